The maximum absolute atomic E-state index is 12.9. The molecule has 6 nitrogen and oxygen atoms in total. The average Bonchev–Trinajstić information content (AvgIpc) is 3.33. The molecule has 3 aromatic carbocycles. The van der Waals surface area contributed by atoms with Crippen LogP contribution in [-0.2, 0) is 35.5 Å². The van der Waals surface area contributed by atoms with Gasteiger partial charge in [-0.15, -0.1) is 0 Å². The molecule has 1 heterocycles. The Labute approximate surface area is 217 Å². The molecule has 1 aromatic heterocycles. The van der Waals surface area contributed by atoms with E-state index in [0.717, 1.165) is 42.6 Å². The first-order valence-electron chi connectivity index (χ1n) is 12.7. The maximum atomic E-state index is 12.9. The van der Waals surface area contributed by atoms with Gasteiger partial charge >= 0.3 is 0 Å². The minimum absolute atomic E-state index is 0.0322. The van der Waals surface area contributed by atoms with Crippen molar-refractivity contribution in [3.8, 4) is 0 Å². The van der Waals surface area contributed by atoms with E-state index in [1.807, 2.05) is 6.07 Å². The Morgan fingerprint density at radius 3 is 2.43 bits per heavy atom. The zero-order chi connectivity index (χ0) is 25.9. The van der Waals surface area contributed by atoms with Crippen molar-refractivity contribution in [2.45, 2.75) is 26.0 Å². The Kier molecular flexibility index (Phi) is 9.82. The Hall–Kier alpha value is -3.52. The molecule has 0 unspecified atom stereocenters. The van der Waals surface area contributed by atoms with Gasteiger partial charge in [0, 0.05) is 43.3 Å². The minimum atomic E-state index is -0.293. The summed E-state index contributed by atoms with van der Waals surface area (Å²) in [6.07, 6.45) is 3.72. The van der Waals surface area contributed by atoms with Crippen LogP contribution >= 0.6 is 0 Å². The Morgan fingerprint density at radius 2 is 1.65 bits per heavy atom. The van der Waals surface area contributed by atoms with Crippen LogP contribution in [0.2, 0.25) is 0 Å². The summed E-state index contributed by atoms with van der Waals surface area (Å²) in [7, 11) is 0. The average molecular weight is 504 g/mol. The third kappa shape index (κ3) is 8.25. The summed E-state index contributed by atoms with van der Waals surface area (Å²) < 4.78 is 18.3. The lowest BCUT2D eigenvalue weighted by Crippen LogP contribution is -2.29. The monoisotopic (exact) mass is 503 g/mol. The molecule has 0 saturated carbocycles. The molecule has 0 atom stereocenters. The number of carbonyl (C=O) groups excluding carboxylic acids is 1. The summed E-state index contributed by atoms with van der Waals surface area (Å²) in [4.78, 5) is 17.6. The number of rotatable bonds is 14. The summed E-state index contributed by atoms with van der Waals surface area (Å²) in [6.45, 7) is 3.14. The predicted octanol–water partition coefficient (Wildman–Crippen LogP) is 4.22. The second-order valence-corrected chi connectivity index (χ2v) is 9.14. The highest BCUT2D eigenvalue weighted by Crippen LogP contribution is 2.19. The van der Waals surface area contributed by atoms with E-state index in [-0.39, 0.29) is 31.5 Å². The molecule has 1 amide bonds. The van der Waals surface area contributed by atoms with Gasteiger partial charge in [-0.2, -0.15) is 0 Å². The second-order valence-electron chi connectivity index (χ2n) is 9.14. The van der Waals surface area contributed by atoms with Crippen LogP contribution < -0.4 is 5.32 Å². The molecule has 0 aliphatic rings. The molecular formula is C30H34FN3O3. The summed E-state index contributed by atoms with van der Waals surface area (Å²) in [6, 6.07) is 22.7. The number of aliphatic hydroxyl groups excluding tert-OH is 1. The van der Waals surface area contributed by atoms with Crippen molar-refractivity contribution < 1.29 is 19.0 Å². The number of nitrogens with zero attached hydrogens (tertiary/aromatic N) is 1. The number of aromatic nitrogens is 1. The number of carbonyl (C=O) groups is 1. The highest BCUT2D eigenvalue weighted by Gasteiger charge is 2.09. The Balaban J connectivity index is 1.17. The number of hydrogen-bond acceptors (Lipinski definition) is 4. The summed E-state index contributed by atoms with van der Waals surface area (Å²) in [5.74, 6) is -0.466. The number of nitrogens with one attached hydrogen (secondary N) is 2. The molecule has 0 spiro atoms. The summed E-state index contributed by atoms with van der Waals surface area (Å²) >= 11 is 0. The van der Waals surface area contributed by atoms with Crippen molar-refractivity contribution in [2.75, 3.05) is 32.8 Å². The first-order valence-corrected chi connectivity index (χ1v) is 12.7. The molecule has 4 rings (SSSR count). The number of benzene rings is 3. The van der Waals surface area contributed by atoms with Crippen molar-refractivity contribution in [1.29, 1.82) is 0 Å². The fraction of sp³-hybridized carbons (Fsp3) is 0.300. The van der Waals surface area contributed by atoms with Crippen molar-refractivity contribution >= 4 is 16.8 Å². The van der Waals surface area contributed by atoms with E-state index in [0.29, 0.717) is 13.1 Å². The van der Waals surface area contributed by atoms with Gasteiger partial charge < -0.3 is 20.1 Å². The predicted molar refractivity (Wildman–Crippen MR) is 144 cm³/mol. The molecule has 0 fully saturated rings. The van der Waals surface area contributed by atoms with Gasteiger partial charge in [0.05, 0.1) is 13.2 Å². The van der Waals surface area contributed by atoms with E-state index in [1.54, 1.807) is 12.1 Å². The topological polar surface area (TPSA) is 77.6 Å². The number of halogens is 1. The molecular weight excluding hydrogens is 469 g/mol. The number of aromatic amines is 1. The molecule has 0 bridgehead atoms. The number of H-pyrrole nitrogens is 1. The van der Waals surface area contributed by atoms with Gasteiger partial charge in [0.25, 0.3) is 0 Å². The molecule has 37 heavy (non-hydrogen) atoms. The minimum Gasteiger partial charge on any atom is -0.395 e. The van der Waals surface area contributed by atoms with E-state index in [4.69, 9.17) is 4.74 Å². The number of ether oxygens (including phenoxy) is 1. The molecule has 0 saturated heterocycles. The lowest BCUT2D eigenvalue weighted by molar-refractivity contribution is -0.126. The van der Waals surface area contributed by atoms with Gasteiger partial charge in [-0.3, -0.25) is 9.69 Å². The van der Waals surface area contributed by atoms with Crippen LogP contribution in [0, 0.1) is 5.82 Å². The first kappa shape index (κ1) is 26.5. The zero-order valence-corrected chi connectivity index (χ0v) is 21.0. The fourth-order valence-electron chi connectivity index (χ4n) is 4.34. The number of fused-ring (bicyclic) bond motifs is 1. The quantitative estimate of drug-likeness (QED) is 0.241. The van der Waals surface area contributed by atoms with E-state index >= 15 is 0 Å². The van der Waals surface area contributed by atoms with Gasteiger partial charge in [-0.1, -0.05) is 54.6 Å². The summed E-state index contributed by atoms with van der Waals surface area (Å²) in [5, 5.41) is 13.7. The molecule has 0 aliphatic heterocycles. The lowest BCUT2D eigenvalue weighted by atomic mass is 10.1. The van der Waals surface area contributed by atoms with Crippen LogP contribution in [0.1, 0.15) is 22.3 Å². The highest BCUT2D eigenvalue weighted by molar-refractivity contribution is 5.83. The van der Waals surface area contributed by atoms with Crippen LogP contribution in [0.5, 0.6) is 0 Å². The van der Waals surface area contributed by atoms with Crippen molar-refractivity contribution in [3.05, 3.63) is 107 Å². The first-order chi connectivity index (χ1) is 18.1. The standard InChI is InChI=1S/C30H34FN3O3/c31-27-11-9-25(10-12-27)21-37-22-30(36)32-15-13-23-5-7-24(8-6-23)20-34(17-18-35)16-14-26-19-33-29-4-2-1-3-28(26)29/h1-12,19,33,35H,13-18,20-22H2,(H,32,36). The number of hydrogen-bond donors (Lipinski definition) is 3. The zero-order valence-electron chi connectivity index (χ0n) is 21.0. The molecule has 194 valence electrons. The van der Waals surface area contributed by atoms with Gasteiger partial charge in [-0.05, 0) is 53.3 Å². The van der Waals surface area contributed by atoms with Crippen molar-refractivity contribution in [3.63, 3.8) is 0 Å². The third-order valence-corrected chi connectivity index (χ3v) is 6.37. The van der Waals surface area contributed by atoms with E-state index in [1.165, 1.54) is 28.6 Å². The highest BCUT2D eigenvalue weighted by atomic mass is 19.1. The van der Waals surface area contributed by atoms with E-state index < -0.39 is 0 Å². The fourth-order valence-corrected chi connectivity index (χ4v) is 4.34. The molecule has 0 radical (unpaired) electrons. The van der Waals surface area contributed by atoms with Crippen LogP contribution in [-0.4, -0.2) is 53.7 Å². The smallest absolute Gasteiger partial charge is 0.246 e. The van der Waals surface area contributed by atoms with Gasteiger partial charge in [0.1, 0.15) is 12.4 Å². The second kappa shape index (κ2) is 13.7. The van der Waals surface area contributed by atoms with Gasteiger partial charge in [-0.25, -0.2) is 4.39 Å². The van der Waals surface area contributed by atoms with Crippen LogP contribution in [0.3, 0.4) is 0 Å². The Morgan fingerprint density at radius 1 is 0.919 bits per heavy atom. The van der Waals surface area contributed by atoms with Crippen molar-refractivity contribution in [1.82, 2.24) is 15.2 Å². The summed E-state index contributed by atoms with van der Waals surface area (Å²) in [5.41, 5.74) is 5.59. The molecule has 4 aromatic rings. The van der Waals surface area contributed by atoms with Crippen LogP contribution in [0.15, 0.2) is 79.0 Å². The molecule has 7 heteroatoms. The van der Waals surface area contributed by atoms with Gasteiger partial charge in [0.2, 0.25) is 5.91 Å². The van der Waals surface area contributed by atoms with E-state index in [2.05, 4.69) is 63.9 Å². The largest absolute Gasteiger partial charge is 0.395 e. The Bertz CT molecular complexity index is 1260. The molecule has 3 N–H and O–H groups in total. The normalized spacial score (nSPS) is 11.3. The van der Waals surface area contributed by atoms with Crippen LogP contribution in [0.4, 0.5) is 4.39 Å². The SMILES string of the molecule is O=C(COCc1ccc(F)cc1)NCCc1ccc(CN(CCO)CCc2c[nH]c3ccccc23)cc1. The third-order valence-electron chi connectivity index (χ3n) is 6.37. The van der Waals surface area contributed by atoms with Gasteiger partial charge in [0.15, 0.2) is 0 Å². The van der Waals surface area contributed by atoms with Crippen molar-refractivity contribution in [2.24, 2.45) is 0 Å². The maximum Gasteiger partial charge on any atom is 0.246 e. The molecule has 0 aliphatic carbocycles. The number of aliphatic hydroxyl groups is 1. The lowest BCUT2D eigenvalue weighted by Gasteiger charge is -2.21. The van der Waals surface area contributed by atoms with E-state index in [9.17, 15) is 14.3 Å². The number of amides is 1. The number of para-hydroxylation sites is 1. The van der Waals surface area contributed by atoms with Crippen LogP contribution in [0.25, 0.3) is 10.9 Å².